The van der Waals surface area contributed by atoms with E-state index in [4.69, 9.17) is 0 Å². The van der Waals surface area contributed by atoms with E-state index >= 15 is 0 Å². The van der Waals surface area contributed by atoms with Crippen molar-refractivity contribution in [1.82, 2.24) is 24.6 Å². The molecule has 5 rings (SSSR count). The Labute approximate surface area is 183 Å². The first kappa shape index (κ1) is 19.9. The highest BCUT2D eigenvalue weighted by atomic mass is 32.2. The van der Waals surface area contributed by atoms with Crippen molar-refractivity contribution < 1.29 is 13.2 Å². The fraction of sp³-hybridized carbons (Fsp3) is 0.190. The lowest BCUT2D eigenvalue weighted by atomic mass is 10.2. The number of nitrogens with zero attached hydrogens (tertiary/aromatic N) is 3. The lowest BCUT2D eigenvalue weighted by Gasteiger charge is -2.16. The molecule has 158 valence electrons. The number of aromatic amines is 1. The van der Waals surface area contributed by atoms with E-state index in [0.717, 1.165) is 27.0 Å². The number of likely N-dealkylation sites (tertiary alicyclic amines) is 1. The third kappa shape index (κ3) is 3.97. The number of thiophene rings is 1. The third-order valence-corrected chi connectivity index (χ3v) is 8.34. The minimum Gasteiger partial charge on any atom is -0.356 e. The van der Waals surface area contributed by atoms with Crippen LogP contribution in [-0.2, 0) is 21.4 Å². The molecule has 4 aromatic rings. The van der Waals surface area contributed by atoms with E-state index in [1.54, 1.807) is 41.8 Å². The van der Waals surface area contributed by atoms with E-state index in [1.807, 2.05) is 24.3 Å². The van der Waals surface area contributed by atoms with Crippen molar-refractivity contribution in [3.05, 3.63) is 66.9 Å². The first-order chi connectivity index (χ1) is 15.0. The van der Waals surface area contributed by atoms with Gasteiger partial charge in [-0.1, -0.05) is 0 Å². The average Bonchev–Trinajstić information content (AvgIpc) is 3.49. The number of rotatable bonds is 6. The first-order valence-corrected chi connectivity index (χ1v) is 12.0. The molecule has 1 aliphatic heterocycles. The molecule has 1 fully saturated rings. The van der Waals surface area contributed by atoms with Crippen LogP contribution < -0.4 is 4.72 Å². The molecule has 5 heterocycles. The monoisotopic (exact) mass is 453 g/mol. The number of pyridine rings is 2. The second-order valence-corrected chi connectivity index (χ2v) is 10.4. The van der Waals surface area contributed by atoms with Crippen LogP contribution in [0.4, 0.5) is 0 Å². The molecule has 0 radical (unpaired) electrons. The molecule has 4 aromatic heterocycles. The predicted molar refractivity (Wildman–Crippen MR) is 118 cm³/mol. The first-order valence-electron chi connectivity index (χ1n) is 9.72. The number of amides is 1. The van der Waals surface area contributed by atoms with E-state index in [-0.39, 0.29) is 10.1 Å². The van der Waals surface area contributed by atoms with Crippen LogP contribution in [0.5, 0.6) is 0 Å². The number of hydrogen-bond acceptors (Lipinski definition) is 6. The smallest absolute Gasteiger partial charge is 0.250 e. The average molecular weight is 454 g/mol. The Balaban J connectivity index is 1.28. The summed E-state index contributed by atoms with van der Waals surface area (Å²) in [5.74, 6) is -0.216. The number of hydrogen-bond donors (Lipinski definition) is 2. The molecule has 0 spiro atoms. The van der Waals surface area contributed by atoms with E-state index in [9.17, 15) is 13.2 Å². The molecule has 31 heavy (non-hydrogen) atoms. The number of H-pyrrole nitrogens is 1. The van der Waals surface area contributed by atoms with Crippen molar-refractivity contribution in [2.24, 2.45) is 0 Å². The molecule has 8 nitrogen and oxygen atoms in total. The van der Waals surface area contributed by atoms with Gasteiger partial charge in [0, 0.05) is 41.1 Å². The summed E-state index contributed by atoms with van der Waals surface area (Å²) in [4.78, 5) is 26.6. The van der Waals surface area contributed by atoms with Crippen LogP contribution in [0.15, 0.2) is 65.4 Å². The Morgan fingerprint density at radius 2 is 1.94 bits per heavy atom. The van der Waals surface area contributed by atoms with Gasteiger partial charge in [0.15, 0.2) is 0 Å². The van der Waals surface area contributed by atoms with Crippen LogP contribution in [0, 0.1) is 0 Å². The van der Waals surface area contributed by atoms with Crippen LogP contribution >= 0.6 is 11.3 Å². The number of aromatic nitrogens is 3. The molecule has 0 saturated carbocycles. The number of carbonyl (C=O) groups is 1. The van der Waals surface area contributed by atoms with Crippen LogP contribution in [-0.4, -0.2) is 46.8 Å². The van der Waals surface area contributed by atoms with Crippen molar-refractivity contribution in [3.8, 4) is 10.4 Å². The molecule has 10 heteroatoms. The number of carbonyl (C=O) groups excluding carboxylic acids is 1. The summed E-state index contributed by atoms with van der Waals surface area (Å²) in [6.07, 6.45) is 7.22. The summed E-state index contributed by atoms with van der Waals surface area (Å²) >= 11 is 1.17. The Kier molecular flexibility index (Phi) is 5.05. The predicted octanol–water partition coefficient (Wildman–Crippen LogP) is 2.77. The van der Waals surface area contributed by atoms with Crippen molar-refractivity contribution in [2.45, 2.75) is 23.2 Å². The molecule has 0 bridgehead atoms. The maximum atomic E-state index is 12.9. The summed E-state index contributed by atoms with van der Waals surface area (Å²) in [5.41, 5.74) is 2.70. The molecule has 0 aromatic carbocycles. The van der Waals surface area contributed by atoms with E-state index in [1.165, 1.54) is 11.3 Å². The quantitative estimate of drug-likeness (QED) is 0.467. The summed E-state index contributed by atoms with van der Waals surface area (Å²) in [5, 5.41) is 1.02. The number of nitrogens with one attached hydrogen (secondary N) is 2. The molecule has 1 atom stereocenters. The standard InChI is InChI=1S/C21H19N5O3S2/c27-21-17(6-10-26(21)13-16-11-15-5-9-23-12-18(15)24-16)25-31(28,29)20-2-1-19(30-20)14-3-7-22-8-4-14/h1-5,7-9,11-12,17,24-25H,6,10,13H2/t17-/m0/s1. The van der Waals surface area contributed by atoms with Gasteiger partial charge in [-0.15, -0.1) is 11.3 Å². The highest BCUT2D eigenvalue weighted by molar-refractivity contribution is 7.91. The zero-order chi connectivity index (χ0) is 21.4. The summed E-state index contributed by atoms with van der Waals surface area (Å²) in [6, 6.07) is 10.1. The van der Waals surface area contributed by atoms with Gasteiger partial charge in [0.25, 0.3) is 10.0 Å². The number of fused-ring (bicyclic) bond motifs is 1. The summed E-state index contributed by atoms with van der Waals surface area (Å²) in [7, 11) is -3.79. The van der Waals surface area contributed by atoms with Crippen LogP contribution in [0.2, 0.25) is 0 Å². The Bertz CT molecular complexity index is 1310. The van der Waals surface area contributed by atoms with Gasteiger partial charge >= 0.3 is 0 Å². The van der Waals surface area contributed by atoms with Gasteiger partial charge in [0.1, 0.15) is 10.3 Å². The summed E-state index contributed by atoms with van der Waals surface area (Å²) < 4.78 is 28.5. The maximum Gasteiger partial charge on any atom is 0.250 e. The minimum absolute atomic E-state index is 0.189. The Morgan fingerprint density at radius 3 is 2.74 bits per heavy atom. The lowest BCUT2D eigenvalue weighted by Crippen LogP contribution is -2.41. The van der Waals surface area contributed by atoms with Crippen molar-refractivity contribution in [3.63, 3.8) is 0 Å². The lowest BCUT2D eigenvalue weighted by molar-refractivity contribution is -0.129. The van der Waals surface area contributed by atoms with Gasteiger partial charge in [-0.2, -0.15) is 4.72 Å². The topological polar surface area (TPSA) is 108 Å². The zero-order valence-corrected chi connectivity index (χ0v) is 18.0. The summed E-state index contributed by atoms with van der Waals surface area (Å²) in [6.45, 7) is 0.892. The van der Waals surface area contributed by atoms with Crippen LogP contribution in [0.3, 0.4) is 0 Å². The molecule has 2 N–H and O–H groups in total. The van der Waals surface area contributed by atoms with Gasteiger partial charge < -0.3 is 9.88 Å². The van der Waals surface area contributed by atoms with Gasteiger partial charge in [-0.05, 0) is 48.4 Å². The van der Waals surface area contributed by atoms with E-state index < -0.39 is 16.1 Å². The molecule has 0 aliphatic carbocycles. The highest BCUT2D eigenvalue weighted by Gasteiger charge is 2.35. The fourth-order valence-electron chi connectivity index (χ4n) is 3.71. The van der Waals surface area contributed by atoms with Gasteiger partial charge in [0.05, 0.1) is 18.3 Å². The van der Waals surface area contributed by atoms with E-state index in [2.05, 4.69) is 19.7 Å². The van der Waals surface area contributed by atoms with Crippen molar-refractivity contribution in [1.29, 1.82) is 0 Å². The van der Waals surface area contributed by atoms with Crippen LogP contribution in [0.1, 0.15) is 12.1 Å². The molecule has 1 saturated heterocycles. The van der Waals surface area contributed by atoms with Crippen LogP contribution in [0.25, 0.3) is 21.3 Å². The zero-order valence-electron chi connectivity index (χ0n) is 16.4. The molecular weight excluding hydrogens is 434 g/mol. The molecule has 1 amide bonds. The van der Waals surface area contributed by atoms with E-state index in [0.29, 0.717) is 19.5 Å². The normalized spacial score (nSPS) is 17.0. The maximum absolute atomic E-state index is 12.9. The molecule has 1 aliphatic rings. The Hall–Kier alpha value is -3.08. The highest BCUT2D eigenvalue weighted by Crippen LogP contribution is 2.31. The SMILES string of the molecule is O=C1[C@@H](NS(=O)(=O)c2ccc(-c3ccncc3)s2)CCN1Cc1cc2ccncc2[nH]1. The van der Waals surface area contributed by atoms with Crippen molar-refractivity contribution in [2.75, 3.05) is 6.54 Å². The minimum atomic E-state index is -3.79. The van der Waals surface area contributed by atoms with Gasteiger partial charge in [-0.3, -0.25) is 14.8 Å². The second kappa shape index (κ2) is 7.88. The van der Waals surface area contributed by atoms with Crippen molar-refractivity contribution >= 4 is 38.2 Å². The molecule has 0 unspecified atom stereocenters. The fourth-order valence-corrected chi connectivity index (χ4v) is 6.26. The second-order valence-electron chi connectivity index (χ2n) is 7.33. The number of sulfonamides is 1. The van der Waals surface area contributed by atoms with Gasteiger partial charge in [0.2, 0.25) is 5.91 Å². The molecular formula is C21H19N5O3S2. The van der Waals surface area contributed by atoms with Gasteiger partial charge in [-0.25, -0.2) is 8.42 Å². The Morgan fingerprint density at radius 1 is 1.13 bits per heavy atom. The third-order valence-electron chi connectivity index (χ3n) is 5.25. The largest absolute Gasteiger partial charge is 0.356 e.